The van der Waals surface area contributed by atoms with Crippen molar-refractivity contribution in [3.63, 3.8) is 0 Å². The van der Waals surface area contributed by atoms with E-state index in [-0.39, 0.29) is 6.61 Å². The summed E-state index contributed by atoms with van der Waals surface area (Å²) in [6.45, 7) is 0.965. The summed E-state index contributed by atoms with van der Waals surface area (Å²) in [7, 11) is 0. The fraction of sp³-hybridized carbons (Fsp3) is 0.333. The van der Waals surface area contributed by atoms with Gasteiger partial charge in [-0.2, -0.15) is 0 Å². The Morgan fingerprint density at radius 3 is 2.83 bits per heavy atom. The van der Waals surface area contributed by atoms with Gasteiger partial charge >= 0.3 is 5.97 Å². The van der Waals surface area contributed by atoms with Gasteiger partial charge in [0.25, 0.3) is 5.91 Å². The molecule has 1 amide bonds. The highest BCUT2D eigenvalue weighted by atomic mass is 16.5. The number of rotatable bonds is 3. The molecule has 1 aromatic rings. The molecule has 1 unspecified atom stereocenters. The molecule has 0 saturated heterocycles. The normalized spacial score (nSPS) is 18.2. The molecule has 1 heterocycles. The molecule has 0 fully saturated rings. The van der Waals surface area contributed by atoms with Gasteiger partial charge < -0.3 is 14.9 Å². The number of aliphatic hydroxyl groups excluding tert-OH is 1. The number of ether oxygens (including phenoxy) is 1. The number of benzene rings is 1. The molecule has 0 saturated carbocycles. The van der Waals surface area contributed by atoms with E-state index in [1.807, 2.05) is 0 Å². The third kappa shape index (κ3) is 2.14. The molecular formula is C12H13NO5. The molecule has 2 N–H and O–H groups in total. The minimum atomic E-state index is -1.10. The van der Waals surface area contributed by atoms with Crippen LogP contribution >= 0.6 is 0 Å². The predicted molar refractivity (Wildman–Crippen MR) is 62.4 cm³/mol. The van der Waals surface area contributed by atoms with E-state index in [2.05, 4.69) is 0 Å². The van der Waals surface area contributed by atoms with Crippen molar-refractivity contribution in [1.29, 1.82) is 0 Å². The average molecular weight is 251 g/mol. The third-order valence-corrected chi connectivity index (χ3v) is 2.71. The van der Waals surface area contributed by atoms with Gasteiger partial charge in [-0.05, 0) is 24.6 Å². The van der Waals surface area contributed by atoms with Gasteiger partial charge in [0.2, 0.25) is 0 Å². The highest BCUT2D eigenvalue weighted by Gasteiger charge is 2.32. The number of aliphatic hydroxyl groups is 1. The van der Waals surface area contributed by atoms with Crippen LogP contribution in [0.1, 0.15) is 12.5 Å². The Bertz CT molecular complexity index is 499. The summed E-state index contributed by atoms with van der Waals surface area (Å²) < 4.78 is 5.39. The molecule has 1 atom stereocenters. The van der Waals surface area contributed by atoms with E-state index in [0.29, 0.717) is 17.0 Å². The minimum Gasteiger partial charge on any atom is -0.480 e. The Labute approximate surface area is 103 Å². The summed E-state index contributed by atoms with van der Waals surface area (Å²) in [5, 5.41) is 17.9. The zero-order chi connectivity index (χ0) is 13.3. The molecule has 6 heteroatoms. The number of nitrogens with zero attached hydrogens (tertiary/aromatic N) is 1. The largest absolute Gasteiger partial charge is 0.480 e. The van der Waals surface area contributed by atoms with Crippen LogP contribution in [0, 0.1) is 0 Å². The van der Waals surface area contributed by atoms with Crippen molar-refractivity contribution in [2.24, 2.45) is 0 Å². The zero-order valence-corrected chi connectivity index (χ0v) is 9.79. The molecule has 0 radical (unpaired) electrons. The maximum atomic E-state index is 11.9. The summed E-state index contributed by atoms with van der Waals surface area (Å²) in [5.74, 6) is -1.06. The molecule has 0 bridgehead atoms. The maximum absolute atomic E-state index is 11.9. The van der Waals surface area contributed by atoms with E-state index in [4.69, 9.17) is 14.9 Å². The number of hydrogen-bond acceptors (Lipinski definition) is 4. The molecule has 1 aliphatic rings. The Morgan fingerprint density at radius 2 is 2.22 bits per heavy atom. The fourth-order valence-electron chi connectivity index (χ4n) is 1.85. The van der Waals surface area contributed by atoms with Gasteiger partial charge in [-0.25, -0.2) is 0 Å². The van der Waals surface area contributed by atoms with E-state index in [1.54, 1.807) is 25.1 Å². The highest BCUT2D eigenvalue weighted by Crippen LogP contribution is 2.34. The second-order valence-electron chi connectivity index (χ2n) is 4.04. The fourth-order valence-corrected chi connectivity index (χ4v) is 1.85. The lowest BCUT2D eigenvalue weighted by atomic mass is 10.1. The van der Waals surface area contributed by atoms with E-state index in [1.165, 1.54) is 0 Å². The van der Waals surface area contributed by atoms with Crippen molar-refractivity contribution in [2.75, 3.05) is 11.4 Å². The SMILES string of the molecule is CC1Oc2ccc(CO)cc2N(CC(=O)O)C1=O. The quantitative estimate of drug-likeness (QED) is 0.810. The van der Waals surface area contributed by atoms with Crippen LogP contribution in [0.15, 0.2) is 18.2 Å². The molecule has 0 aromatic heterocycles. The van der Waals surface area contributed by atoms with Crippen LogP contribution in [0.5, 0.6) is 5.75 Å². The van der Waals surface area contributed by atoms with Gasteiger partial charge in [0.15, 0.2) is 6.10 Å². The standard InChI is InChI=1S/C12H13NO5/c1-7-12(17)13(5-11(15)16)9-4-8(6-14)2-3-10(9)18-7/h2-4,7,14H,5-6H2,1H3,(H,15,16). The van der Waals surface area contributed by atoms with Crippen LogP contribution < -0.4 is 9.64 Å². The number of hydrogen-bond donors (Lipinski definition) is 2. The maximum Gasteiger partial charge on any atom is 0.323 e. The van der Waals surface area contributed by atoms with E-state index >= 15 is 0 Å². The van der Waals surface area contributed by atoms with Crippen LogP contribution in [-0.4, -0.2) is 34.7 Å². The van der Waals surface area contributed by atoms with Crippen molar-refractivity contribution < 1.29 is 24.5 Å². The van der Waals surface area contributed by atoms with E-state index < -0.39 is 24.5 Å². The predicted octanol–water partition coefficient (Wildman–Crippen LogP) is 0.377. The van der Waals surface area contributed by atoms with Gasteiger partial charge in [0, 0.05) is 0 Å². The Morgan fingerprint density at radius 1 is 1.50 bits per heavy atom. The molecular weight excluding hydrogens is 238 g/mol. The highest BCUT2D eigenvalue weighted by molar-refractivity contribution is 6.02. The van der Waals surface area contributed by atoms with Crippen LogP contribution in [0.4, 0.5) is 5.69 Å². The molecule has 0 spiro atoms. The van der Waals surface area contributed by atoms with Gasteiger partial charge in [0.1, 0.15) is 12.3 Å². The first-order chi connectivity index (χ1) is 8.52. The van der Waals surface area contributed by atoms with Gasteiger partial charge in [0.05, 0.1) is 12.3 Å². The lowest BCUT2D eigenvalue weighted by Crippen LogP contribution is -2.46. The molecule has 6 nitrogen and oxygen atoms in total. The lowest BCUT2D eigenvalue weighted by molar-refractivity contribution is -0.137. The van der Waals surface area contributed by atoms with Gasteiger partial charge in [-0.3, -0.25) is 14.5 Å². The molecule has 1 aromatic carbocycles. The summed E-state index contributed by atoms with van der Waals surface area (Å²) >= 11 is 0. The second-order valence-corrected chi connectivity index (χ2v) is 4.04. The smallest absolute Gasteiger partial charge is 0.323 e. The summed E-state index contributed by atoms with van der Waals surface area (Å²) in [6, 6.07) is 4.85. The van der Waals surface area contributed by atoms with Crippen LogP contribution in [0.25, 0.3) is 0 Å². The summed E-state index contributed by atoms with van der Waals surface area (Å²) in [4.78, 5) is 23.9. The second kappa shape index (κ2) is 4.66. The summed E-state index contributed by atoms with van der Waals surface area (Å²) in [6.07, 6.45) is -0.711. The molecule has 96 valence electrons. The first kappa shape index (κ1) is 12.4. The molecule has 0 aliphatic carbocycles. The van der Waals surface area contributed by atoms with Crippen molar-refractivity contribution in [1.82, 2.24) is 0 Å². The Hall–Kier alpha value is -2.08. The Kier molecular flexibility index (Phi) is 3.20. The monoisotopic (exact) mass is 251 g/mol. The number of anilines is 1. The van der Waals surface area contributed by atoms with Crippen molar-refractivity contribution in [3.05, 3.63) is 23.8 Å². The first-order valence-corrected chi connectivity index (χ1v) is 5.46. The average Bonchev–Trinajstić information content (AvgIpc) is 2.34. The number of carboxylic acid groups (broad SMARTS) is 1. The summed E-state index contributed by atoms with van der Waals surface area (Å²) in [5.41, 5.74) is 0.974. The lowest BCUT2D eigenvalue weighted by Gasteiger charge is -2.32. The third-order valence-electron chi connectivity index (χ3n) is 2.71. The van der Waals surface area contributed by atoms with Crippen molar-refractivity contribution in [2.45, 2.75) is 19.6 Å². The zero-order valence-electron chi connectivity index (χ0n) is 9.79. The van der Waals surface area contributed by atoms with Crippen LogP contribution in [-0.2, 0) is 16.2 Å². The van der Waals surface area contributed by atoms with Crippen LogP contribution in [0.3, 0.4) is 0 Å². The van der Waals surface area contributed by atoms with Crippen LogP contribution in [0.2, 0.25) is 0 Å². The number of carbonyl (C=O) groups is 2. The molecule has 2 rings (SSSR count). The molecule has 18 heavy (non-hydrogen) atoms. The van der Waals surface area contributed by atoms with Gasteiger partial charge in [-0.15, -0.1) is 0 Å². The molecule has 1 aliphatic heterocycles. The van der Waals surface area contributed by atoms with E-state index in [9.17, 15) is 9.59 Å². The van der Waals surface area contributed by atoms with Crippen molar-refractivity contribution >= 4 is 17.6 Å². The number of amides is 1. The number of carbonyl (C=O) groups excluding carboxylic acids is 1. The van der Waals surface area contributed by atoms with Crippen molar-refractivity contribution in [3.8, 4) is 5.75 Å². The number of aliphatic carboxylic acids is 1. The minimum absolute atomic E-state index is 0.183. The van der Waals surface area contributed by atoms with E-state index in [0.717, 1.165) is 4.90 Å². The topological polar surface area (TPSA) is 87.1 Å². The first-order valence-electron chi connectivity index (χ1n) is 5.46. The van der Waals surface area contributed by atoms with Gasteiger partial charge in [-0.1, -0.05) is 6.07 Å². The Balaban J connectivity index is 2.45. The number of fused-ring (bicyclic) bond motifs is 1. The number of carboxylic acids is 1.